The van der Waals surface area contributed by atoms with Gasteiger partial charge in [0.25, 0.3) is 11.7 Å². The van der Waals surface area contributed by atoms with Crippen LogP contribution < -0.4 is 4.74 Å². The van der Waals surface area contributed by atoms with Crippen LogP contribution in [0.1, 0.15) is 23.6 Å². The van der Waals surface area contributed by atoms with Gasteiger partial charge >= 0.3 is 0 Å². The Morgan fingerprint density at radius 3 is 2.48 bits per heavy atom. The number of amides is 1. The Labute approximate surface area is 182 Å². The number of rotatable bonds is 9. The lowest BCUT2D eigenvalue weighted by Gasteiger charge is -2.26. The van der Waals surface area contributed by atoms with E-state index in [1.807, 2.05) is 31.1 Å². The summed E-state index contributed by atoms with van der Waals surface area (Å²) < 4.78 is 5.54. The summed E-state index contributed by atoms with van der Waals surface area (Å²) in [4.78, 5) is 33.3. The van der Waals surface area contributed by atoms with Gasteiger partial charge in [0.15, 0.2) is 0 Å². The molecule has 7 heteroatoms. The Kier molecular flexibility index (Phi) is 7.20. The van der Waals surface area contributed by atoms with Gasteiger partial charge in [-0.25, -0.2) is 0 Å². The first kappa shape index (κ1) is 22.2. The van der Waals surface area contributed by atoms with Crippen LogP contribution in [0.5, 0.6) is 5.75 Å². The van der Waals surface area contributed by atoms with Crippen molar-refractivity contribution >= 4 is 17.4 Å². The molecule has 7 nitrogen and oxygen atoms in total. The third-order valence-electron chi connectivity index (χ3n) is 5.06. The summed E-state index contributed by atoms with van der Waals surface area (Å²) in [7, 11) is 3.91. The first-order valence-corrected chi connectivity index (χ1v) is 10.1. The van der Waals surface area contributed by atoms with Gasteiger partial charge in [-0.2, -0.15) is 0 Å². The van der Waals surface area contributed by atoms with Crippen molar-refractivity contribution in [3.63, 3.8) is 0 Å². The molecule has 3 rings (SSSR count). The molecule has 1 aliphatic heterocycles. The number of aliphatic hydroxyl groups excluding tert-OH is 1. The molecule has 1 aromatic heterocycles. The third-order valence-corrected chi connectivity index (χ3v) is 5.06. The van der Waals surface area contributed by atoms with E-state index in [2.05, 4.69) is 11.6 Å². The fourth-order valence-corrected chi connectivity index (χ4v) is 3.58. The molecule has 2 aromatic rings. The van der Waals surface area contributed by atoms with Crippen molar-refractivity contribution in [2.45, 2.75) is 12.5 Å². The number of benzene rings is 1. The average molecular weight is 421 g/mol. The van der Waals surface area contributed by atoms with Gasteiger partial charge in [-0.3, -0.25) is 14.6 Å². The fourth-order valence-electron chi connectivity index (χ4n) is 3.58. The maximum atomic E-state index is 12.9. The number of pyridine rings is 1. The number of aliphatic hydroxyl groups is 1. The Hall–Kier alpha value is -3.45. The summed E-state index contributed by atoms with van der Waals surface area (Å²) in [6, 6.07) is 9.73. The van der Waals surface area contributed by atoms with E-state index < -0.39 is 17.7 Å². The maximum Gasteiger partial charge on any atom is 0.295 e. The van der Waals surface area contributed by atoms with Gasteiger partial charge in [0, 0.05) is 24.5 Å². The number of Topliss-reactive ketones (excluding diaryl/α,β-unsaturated/α-hetero) is 1. The molecule has 1 amide bonds. The van der Waals surface area contributed by atoms with Gasteiger partial charge in [-0.15, -0.1) is 0 Å². The Morgan fingerprint density at radius 1 is 1.19 bits per heavy atom. The SMILES string of the molecule is C=CCOc1ccc([C@@H]2/C(=C(\O)c3ccncc3)C(=O)C(=O)N2CCCN(C)C)cc1. The number of ketones is 1. The van der Waals surface area contributed by atoms with Gasteiger partial charge in [0.1, 0.15) is 18.1 Å². The van der Waals surface area contributed by atoms with E-state index in [1.54, 1.807) is 30.3 Å². The van der Waals surface area contributed by atoms with Crippen molar-refractivity contribution in [2.75, 3.05) is 33.8 Å². The third kappa shape index (κ3) is 5.00. The Balaban J connectivity index is 2.02. The van der Waals surface area contributed by atoms with Crippen molar-refractivity contribution in [3.8, 4) is 5.75 Å². The van der Waals surface area contributed by atoms with E-state index in [0.717, 1.165) is 12.1 Å². The number of ether oxygens (including phenoxy) is 1. The van der Waals surface area contributed by atoms with E-state index in [0.29, 0.717) is 30.9 Å². The molecule has 0 radical (unpaired) electrons. The van der Waals surface area contributed by atoms with Crippen LogP contribution in [0.15, 0.2) is 67.0 Å². The van der Waals surface area contributed by atoms with Gasteiger partial charge in [-0.05, 0) is 56.9 Å². The van der Waals surface area contributed by atoms with Crippen LogP contribution in [0.4, 0.5) is 0 Å². The molecule has 1 aliphatic rings. The maximum absolute atomic E-state index is 12.9. The van der Waals surface area contributed by atoms with Crippen LogP contribution in [0.2, 0.25) is 0 Å². The molecule has 1 fully saturated rings. The molecule has 0 aliphatic carbocycles. The van der Waals surface area contributed by atoms with Gasteiger partial charge in [-0.1, -0.05) is 24.8 Å². The number of hydrogen-bond donors (Lipinski definition) is 1. The highest BCUT2D eigenvalue weighted by Crippen LogP contribution is 2.39. The van der Waals surface area contributed by atoms with Crippen LogP contribution in [0.3, 0.4) is 0 Å². The van der Waals surface area contributed by atoms with Crippen molar-refractivity contribution in [3.05, 3.63) is 78.1 Å². The predicted octanol–water partition coefficient (Wildman–Crippen LogP) is 3.02. The minimum atomic E-state index is -0.684. The van der Waals surface area contributed by atoms with Gasteiger partial charge in [0.2, 0.25) is 0 Å². The number of aromatic nitrogens is 1. The molecule has 31 heavy (non-hydrogen) atoms. The Morgan fingerprint density at radius 2 is 1.87 bits per heavy atom. The zero-order valence-corrected chi connectivity index (χ0v) is 17.8. The van der Waals surface area contributed by atoms with Crippen LogP contribution in [0, 0.1) is 0 Å². The number of nitrogens with zero attached hydrogens (tertiary/aromatic N) is 3. The minimum Gasteiger partial charge on any atom is -0.507 e. The normalized spacial score (nSPS) is 17.9. The molecular weight excluding hydrogens is 394 g/mol. The highest BCUT2D eigenvalue weighted by Gasteiger charge is 2.45. The average Bonchev–Trinajstić information content (AvgIpc) is 3.03. The molecule has 0 spiro atoms. The molecule has 0 unspecified atom stereocenters. The molecule has 1 atom stereocenters. The summed E-state index contributed by atoms with van der Waals surface area (Å²) in [5.74, 6) is -0.835. The Bertz CT molecular complexity index is 968. The van der Waals surface area contributed by atoms with E-state index in [4.69, 9.17) is 4.74 Å². The van der Waals surface area contributed by atoms with Crippen molar-refractivity contribution in [1.82, 2.24) is 14.8 Å². The van der Waals surface area contributed by atoms with Crippen LogP contribution in [-0.4, -0.2) is 65.4 Å². The molecule has 0 bridgehead atoms. The summed E-state index contributed by atoms with van der Waals surface area (Å²) in [6.45, 7) is 5.18. The second-order valence-electron chi connectivity index (χ2n) is 7.55. The second kappa shape index (κ2) is 10.0. The van der Waals surface area contributed by atoms with Gasteiger partial charge in [0.05, 0.1) is 11.6 Å². The highest BCUT2D eigenvalue weighted by molar-refractivity contribution is 6.46. The zero-order chi connectivity index (χ0) is 22.4. The van der Waals surface area contributed by atoms with E-state index in [9.17, 15) is 14.7 Å². The van der Waals surface area contributed by atoms with Crippen LogP contribution in [-0.2, 0) is 9.59 Å². The summed E-state index contributed by atoms with van der Waals surface area (Å²) in [5, 5.41) is 11.0. The molecule has 162 valence electrons. The van der Waals surface area contributed by atoms with E-state index >= 15 is 0 Å². The van der Waals surface area contributed by atoms with Crippen LogP contribution >= 0.6 is 0 Å². The smallest absolute Gasteiger partial charge is 0.295 e. The van der Waals surface area contributed by atoms with Crippen molar-refractivity contribution in [1.29, 1.82) is 0 Å². The lowest BCUT2D eigenvalue weighted by atomic mass is 9.95. The first-order chi connectivity index (χ1) is 14.9. The van der Waals surface area contributed by atoms with Crippen molar-refractivity contribution in [2.24, 2.45) is 0 Å². The molecule has 1 N–H and O–H groups in total. The topological polar surface area (TPSA) is 83.0 Å². The molecule has 1 aromatic carbocycles. The van der Waals surface area contributed by atoms with Crippen LogP contribution in [0.25, 0.3) is 5.76 Å². The van der Waals surface area contributed by atoms with Gasteiger partial charge < -0.3 is 19.6 Å². The second-order valence-corrected chi connectivity index (χ2v) is 7.55. The lowest BCUT2D eigenvalue weighted by Crippen LogP contribution is -2.32. The number of carbonyl (C=O) groups excluding carboxylic acids is 2. The first-order valence-electron chi connectivity index (χ1n) is 10.1. The highest BCUT2D eigenvalue weighted by atomic mass is 16.5. The van der Waals surface area contributed by atoms with E-state index in [1.165, 1.54) is 17.3 Å². The zero-order valence-electron chi connectivity index (χ0n) is 17.8. The monoisotopic (exact) mass is 421 g/mol. The fraction of sp³-hybridized carbons (Fsp3) is 0.292. The molecule has 1 saturated heterocycles. The number of likely N-dealkylation sites (tertiary alicyclic amines) is 1. The van der Waals surface area contributed by atoms with Crippen molar-refractivity contribution < 1.29 is 19.4 Å². The summed E-state index contributed by atoms with van der Waals surface area (Å²) >= 11 is 0. The number of hydrogen-bond acceptors (Lipinski definition) is 6. The predicted molar refractivity (Wildman–Crippen MR) is 119 cm³/mol. The molecule has 0 saturated carbocycles. The molecule has 2 heterocycles. The largest absolute Gasteiger partial charge is 0.507 e. The minimum absolute atomic E-state index is 0.0841. The van der Waals surface area contributed by atoms with E-state index in [-0.39, 0.29) is 11.3 Å². The standard InChI is InChI=1S/C24H27N3O4/c1-4-16-31-19-8-6-17(7-9-19)21-20(22(28)18-10-12-25-13-11-18)23(29)24(30)27(21)15-5-14-26(2)3/h4,6-13,21,28H,1,5,14-16H2,2-3H3/b22-20+/t21-/m1/s1. The molecular formula is C24H27N3O4. The summed E-state index contributed by atoms with van der Waals surface area (Å²) in [6.07, 6.45) is 5.42. The lowest BCUT2D eigenvalue weighted by molar-refractivity contribution is -0.139. The quantitative estimate of drug-likeness (QED) is 0.290. The summed E-state index contributed by atoms with van der Waals surface area (Å²) in [5.41, 5.74) is 1.25. The number of carbonyl (C=O) groups is 2.